The molecule has 1 aliphatic carbocycles. The third-order valence-corrected chi connectivity index (χ3v) is 5.74. The van der Waals surface area contributed by atoms with E-state index in [0.717, 1.165) is 25.7 Å². The van der Waals surface area contributed by atoms with Crippen molar-refractivity contribution in [2.24, 2.45) is 0 Å². The molecule has 0 spiro atoms. The minimum absolute atomic E-state index is 0.00134. The Morgan fingerprint density at radius 2 is 1.89 bits per heavy atom. The quantitative estimate of drug-likeness (QED) is 0.757. The molecule has 1 saturated carbocycles. The van der Waals surface area contributed by atoms with Crippen LogP contribution in [0.3, 0.4) is 0 Å². The number of sulfonamides is 1. The fourth-order valence-corrected chi connectivity index (χ4v) is 3.57. The van der Waals surface area contributed by atoms with Crippen LogP contribution in [0.2, 0.25) is 0 Å². The van der Waals surface area contributed by atoms with Crippen LogP contribution in [-0.2, 0) is 10.0 Å². The largest absolute Gasteiger partial charge is 0.438 e. The van der Waals surface area contributed by atoms with E-state index < -0.39 is 10.0 Å². The Kier molecular flexibility index (Phi) is 5.95. The molecule has 7 nitrogen and oxygen atoms in total. The summed E-state index contributed by atoms with van der Waals surface area (Å²) in [5.41, 5.74) is 0.824. The number of benzene rings is 1. The number of amides is 1. The highest BCUT2D eigenvalue weighted by Gasteiger charge is 2.21. The number of ether oxygens (including phenoxy) is 1. The monoisotopic (exact) mass is 389 g/mol. The minimum Gasteiger partial charge on any atom is -0.438 e. The second kappa shape index (κ2) is 8.39. The third-order valence-electron chi connectivity index (χ3n) is 4.43. The summed E-state index contributed by atoms with van der Waals surface area (Å²) in [4.78, 5) is 16.7. The van der Waals surface area contributed by atoms with E-state index in [4.69, 9.17) is 4.74 Å². The first-order valence-corrected chi connectivity index (χ1v) is 10.7. The molecule has 0 atom stereocenters. The number of nitrogens with one attached hydrogen (secondary N) is 2. The average Bonchev–Trinajstić information content (AvgIpc) is 3.16. The first-order chi connectivity index (χ1) is 13.0. The van der Waals surface area contributed by atoms with Gasteiger partial charge in [0.2, 0.25) is 15.9 Å². The molecule has 1 aliphatic rings. The van der Waals surface area contributed by atoms with Gasteiger partial charge in [-0.25, -0.2) is 13.4 Å². The Hall–Kier alpha value is -2.61. The number of hydrogen-bond acceptors (Lipinski definition) is 5. The topological polar surface area (TPSA) is 97.4 Å². The zero-order valence-electron chi connectivity index (χ0n) is 15.1. The molecule has 27 heavy (non-hydrogen) atoms. The zero-order chi connectivity index (χ0) is 19.3. The molecule has 1 amide bonds. The molecule has 0 unspecified atom stereocenters. The molecule has 2 aromatic rings. The minimum atomic E-state index is -3.33. The molecule has 0 bridgehead atoms. The summed E-state index contributed by atoms with van der Waals surface area (Å²) < 4.78 is 31.4. The fourth-order valence-electron chi connectivity index (χ4n) is 2.93. The fraction of sp³-hybridized carbons (Fsp3) is 0.368. The molecule has 0 radical (unpaired) electrons. The molecule has 2 N–H and O–H groups in total. The van der Waals surface area contributed by atoms with Crippen LogP contribution in [-0.4, -0.2) is 31.1 Å². The van der Waals surface area contributed by atoms with E-state index in [2.05, 4.69) is 15.0 Å². The molecule has 0 aliphatic heterocycles. The number of rotatable bonds is 7. The molecule has 144 valence electrons. The van der Waals surface area contributed by atoms with Gasteiger partial charge in [0.25, 0.3) is 5.91 Å². The lowest BCUT2D eigenvalue weighted by molar-refractivity contribution is 0.0935. The van der Waals surface area contributed by atoms with Gasteiger partial charge in [0.15, 0.2) is 0 Å². The molecular formula is C19H23N3O4S. The average molecular weight is 389 g/mol. The number of nitrogens with zero attached hydrogens (tertiary/aromatic N) is 1. The van der Waals surface area contributed by atoms with Gasteiger partial charge in [-0.05, 0) is 56.2 Å². The number of aromatic nitrogens is 1. The maximum atomic E-state index is 12.5. The van der Waals surface area contributed by atoms with E-state index in [0.29, 0.717) is 17.0 Å². The molecule has 1 heterocycles. The molecule has 1 fully saturated rings. The molecule has 3 rings (SSSR count). The first-order valence-electron chi connectivity index (χ1n) is 9.01. The van der Waals surface area contributed by atoms with Crippen LogP contribution in [0, 0.1) is 0 Å². The Labute approximate surface area is 159 Å². The second-order valence-corrected chi connectivity index (χ2v) is 8.45. The Morgan fingerprint density at radius 3 is 2.56 bits per heavy atom. The molecule has 0 saturated heterocycles. The Morgan fingerprint density at radius 1 is 1.19 bits per heavy atom. The van der Waals surface area contributed by atoms with Crippen LogP contribution in [0.15, 0.2) is 42.6 Å². The van der Waals surface area contributed by atoms with Gasteiger partial charge in [0.05, 0.1) is 5.75 Å². The maximum Gasteiger partial charge on any atom is 0.257 e. The molecule has 1 aromatic heterocycles. The van der Waals surface area contributed by atoms with E-state index in [-0.39, 0.29) is 23.6 Å². The van der Waals surface area contributed by atoms with Gasteiger partial charge in [0, 0.05) is 17.9 Å². The van der Waals surface area contributed by atoms with E-state index in [1.54, 1.807) is 49.5 Å². The van der Waals surface area contributed by atoms with E-state index in [1.165, 1.54) is 0 Å². The number of anilines is 1. The Bertz CT molecular complexity index is 891. The highest BCUT2D eigenvalue weighted by atomic mass is 32.2. The van der Waals surface area contributed by atoms with Gasteiger partial charge >= 0.3 is 0 Å². The number of carbonyl (C=O) groups is 1. The van der Waals surface area contributed by atoms with Crippen molar-refractivity contribution in [1.29, 1.82) is 0 Å². The first kappa shape index (κ1) is 19.2. The number of pyridine rings is 1. The van der Waals surface area contributed by atoms with Crippen molar-refractivity contribution in [3.05, 3.63) is 48.2 Å². The van der Waals surface area contributed by atoms with Crippen molar-refractivity contribution < 1.29 is 17.9 Å². The van der Waals surface area contributed by atoms with Crippen LogP contribution in [0.25, 0.3) is 0 Å². The lowest BCUT2D eigenvalue weighted by Gasteiger charge is -2.14. The summed E-state index contributed by atoms with van der Waals surface area (Å²) >= 11 is 0. The highest BCUT2D eigenvalue weighted by Crippen LogP contribution is 2.25. The zero-order valence-corrected chi connectivity index (χ0v) is 16.0. The lowest BCUT2D eigenvalue weighted by Crippen LogP contribution is -2.32. The summed E-state index contributed by atoms with van der Waals surface area (Å²) in [7, 11) is -3.33. The third kappa shape index (κ3) is 5.19. The maximum absolute atomic E-state index is 12.5. The predicted octanol–water partition coefficient (Wildman–Crippen LogP) is 3.31. The number of hydrogen-bond donors (Lipinski definition) is 2. The summed E-state index contributed by atoms with van der Waals surface area (Å²) in [5, 5.41) is 3.03. The predicted molar refractivity (Wildman–Crippen MR) is 104 cm³/mol. The Balaban J connectivity index is 1.71. The summed E-state index contributed by atoms with van der Waals surface area (Å²) in [6.45, 7) is 1.57. The van der Waals surface area contributed by atoms with Crippen molar-refractivity contribution in [2.45, 2.75) is 38.6 Å². The lowest BCUT2D eigenvalue weighted by atomic mass is 10.2. The highest BCUT2D eigenvalue weighted by molar-refractivity contribution is 7.92. The van der Waals surface area contributed by atoms with Crippen molar-refractivity contribution in [2.75, 3.05) is 10.5 Å². The van der Waals surface area contributed by atoms with E-state index >= 15 is 0 Å². The van der Waals surface area contributed by atoms with Gasteiger partial charge < -0.3 is 10.1 Å². The van der Waals surface area contributed by atoms with E-state index in [9.17, 15) is 13.2 Å². The van der Waals surface area contributed by atoms with Crippen molar-refractivity contribution >= 4 is 21.6 Å². The van der Waals surface area contributed by atoms with Gasteiger partial charge in [-0.3, -0.25) is 9.52 Å². The summed E-state index contributed by atoms with van der Waals surface area (Å²) in [6, 6.07) is 10.0. The summed E-state index contributed by atoms with van der Waals surface area (Å²) in [6.07, 6.45) is 5.82. The smallest absolute Gasteiger partial charge is 0.257 e. The van der Waals surface area contributed by atoms with Gasteiger partial charge in [-0.1, -0.05) is 12.8 Å². The molecule has 8 heteroatoms. The van der Waals surface area contributed by atoms with Gasteiger partial charge in [0.1, 0.15) is 11.3 Å². The van der Waals surface area contributed by atoms with Crippen molar-refractivity contribution in [3.63, 3.8) is 0 Å². The normalized spacial score (nSPS) is 14.7. The molecular weight excluding hydrogens is 366 g/mol. The van der Waals surface area contributed by atoms with Gasteiger partial charge in [-0.15, -0.1) is 0 Å². The van der Waals surface area contributed by atoms with Crippen LogP contribution in [0.4, 0.5) is 5.69 Å². The number of carbonyl (C=O) groups excluding carboxylic acids is 1. The van der Waals surface area contributed by atoms with Crippen LogP contribution < -0.4 is 14.8 Å². The standard InChI is InChI=1S/C19H23N3O4S/c1-2-27(24,25)22-15-9-11-16(12-10-15)26-19-17(8-5-13-20-19)18(23)21-14-6-3-4-7-14/h5,8-14,22H,2-4,6-7H2,1H3,(H,21,23). The SMILES string of the molecule is CCS(=O)(=O)Nc1ccc(Oc2ncccc2C(=O)NC2CCCC2)cc1. The van der Waals surface area contributed by atoms with Crippen molar-refractivity contribution in [3.8, 4) is 11.6 Å². The van der Waals surface area contributed by atoms with Crippen LogP contribution >= 0.6 is 0 Å². The van der Waals surface area contributed by atoms with Crippen LogP contribution in [0.1, 0.15) is 43.0 Å². The second-order valence-electron chi connectivity index (χ2n) is 6.44. The summed E-state index contributed by atoms with van der Waals surface area (Å²) in [5.74, 6) is 0.480. The van der Waals surface area contributed by atoms with Crippen LogP contribution in [0.5, 0.6) is 11.6 Å². The molecule has 1 aromatic carbocycles. The van der Waals surface area contributed by atoms with Crippen molar-refractivity contribution in [1.82, 2.24) is 10.3 Å². The van der Waals surface area contributed by atoms with Gasteiger partial charge in [-0.2, -0.15) is 0 Å². The van der Waals surface area contributed by atoms with E-state index in [1.807, 2.05) is 0 Å².